The predicted molar refractivity (Wildman–Crippen MR) is 130 cm³/mol. The molecule has 198 valence electrons. The minimum atomic E-state index is -1.32. The van der Waals surface area contributed by atoms with Crippen molar-refractivity contribution in [3.8, 4) is 0 Å². The van der Waals surface area contributed by atoms with Gasteiger partial charge in [0, 0.05) is 28.3 Å². The van der Waals surface area contributed by atoms with Crippen molar-refractivity contribution in [2.24, 2.45) is 11.8 Å². The van der Waals surface area contributed by atoms with Crippen molar-refractivity contribution in [1.82, 2.24) is 15.1 Å². The van der Waals surface area contributed by atoms with Gasteiger partial charge in [0.25, 0.3) is 0 Å². The standard InChI is InChI=1S/C24H27N3O9S/c1-10-17-16(11(2)28)21(30)27(17)18(23(33)34)19(10)37-14-8-15(26(9-14)24(35)36)20(29)25-13-6-4-3-5-12(7-13)22(31)32/h3,5-7,10-11,14-17,28H,4,8-9H2,1-2H3,(H,25,29)(H,31,32)(H,33,34)(H,35,36). The van der Waals surface area contributed by atoms with Crippen LogP contribution in [0.1, 0.15) is 26.7 Å². The van der Waals surface area contributed by atoms with Gasteiger partial charge in [-0.15, -0.1) is 11.8 Å². The summed E-state index contributed by atoms with van der Waals surface area (Å²) >= 11 is 1.14. The topological polar surface area (TPSA) is 185 Å². The first-order chi connectivity index (χ1) is 17.4. The van der Waals surface area contributed by atoms with Gasteiger partial charge in [-0.3, -0.25) is 14.5 Å². The molecule has 37 heavy (non-hydrogen) atoms. The molecule has 6 atom stereocenters. The van der Waals surface area contributed by atoms with Gasteiger partial charge in [-0.05, 0) is 25.8 Å². The van der Waals surface area contributed by atoms with E-state index in [0.717, 1.165) is 16.7 Å². The number of likely N-dealkylation sites (tertiary alicyclic amines) is 1. The maximum absolute atomic E-state index is 13.1. The van der Waals surface area contributed by atoms with Gasteiger partial charge in [-0.2, -0.15) is 0 Å². The van der Waals surface area contributed by atoms with E-state index in [0.29, 0.717) is 11.3 Å². The van der Waals surface area contributed by atoms with Crippen LogP contribution < -0.4 is 5.32 Å². The summed E-state index contributed by atoms with van der Waals surface area (Å²) in [6.07, 6.45) is 4.14. The molecule has 2 fully saturated rings. The van der Waals surface area contributed by atoms with E-state index in [1.165, 1.54) is 24.0 Å². The van der Waals surface area contributed by atoms with Crippen molar-refractivity contribution in [2.75, 3.05) is 6.54 Å². The molecule has 0 aromatic carbocycles. The van der Waals surface area contributed by atoms with Gasteiger partial charge in [0.2, 0.25) is 11.8 Å². The van der Waals surface area contributed by atoms with E-state index in [1.807, 2.05) is 0 Å². The highest BCUT2D eigenvalue weighted by atomic mass is 32.2. The van der Waals surface area contributed by atoms with Crippen LogP contribution in [-0.4, -0.2) is 90.1 Å². The number of hydrogen-bond donors (Lipinski definition) is 5. The normalized spacial score (nSPS) is 29.7. The molecule has 3 amide bonds. The van der Waals surface area contributed by atoms with Crippen molar-refractivity contribution in [2.45, 2.75) is 50.1 Å². The number of carboxylic acids is 2. The number of aliphatic hydroxyl groups is 1. The Hall–Kier alpha value is -3.58. The highest BCUT2D eigenvalue weighted by Gasteiger charge is 2.60. The third-order valence-electron chi connectivity index (χ3n) is 7.01. The summed E-state index contributed by atoms with van der Waals surface area (Å²) in [6.45, 7) is 3.21. The summed E-state index contributed by atoms with van der Waals surface area (Å²) in [5, 5.41) is 41.0. The second-order valence-corrected chi connectivity index (χ2v) is 10.7. The smallest absolute Gasteiger partial charge is 0.408 e. The van der Waals surface area contributed by atoms with E-state index in [-0.39, 0.29) is 35.9 Å². The van der Waals surface area contributed by atoms with Crippen molar-refractivity contribution in [1.29, 1.82) is 0 Å². The largest absolute Gasteiger partial charge is 0.478 e. The number of carboxylic acid groups (broad SMARTS) is 3. The third-order valence-corrected chi connectivity index (χ3v) is 8.51. The SMILES string of the molecule is CC(O)C1C(=O)N2C(C(=O)O)=C(SC3CC(C(=O)NC4=CCC=CC(C(=O)O)=C4)N(C(=O)O)C3)C(C)C12. The van der Waals surface area contributed by atoms with E-state index < -0.39 is 59.2 Å². The number of carbonyl (C=O) groups is 5. The third kappa shape index (κ3) is 4.76. The molecular formula is C24H27N3O9S. The first kappa shape index (κ1) is 26.5. The average Bonchev–Trinajstić information content (AvgIpc) is 3.23. The van der Waals surface area contributed by atoms with Crippen LogP contribution in [0.15, 0.2) is 46.2 Å². The quantitative estimate of drug-likeness (QED) is 0.295. The zero-order chi connectivity index (χ0) is 27.2. The Morgan fingerprint density at radius 2 is 1.86 bits per heavy atom. The summed E-state index contributed by atoms with van der Waals surface area (Å²) < 4.78 is 0. The minimum Gasteiger partial charge on any atom is -0.478 e. The lowest BCUT2D eigenvalue weighted by Crippen LogP contribution is -2.63. The summed E-state index contributed by atoms with van der Waals surface area (Å²) in [7, 11) is 0. The number of carbonyl (C=O) groups excluding carboxylic acids is 2. The van der Waals surface area contributed by atoms with E-state index >= 15 is 0 Å². The predicted octanol–water partition coefficient (Wildman–Crippen LogP) is 0.965. The van der Waals surface area contributed by atoms with Gasteiger partial charge < -0.3 is 30.6 Å². The number of aliphatic hydroxyl groups excluding tert-OH is 1. The number of rotatable bonds is 7. The Kier molecular flexibility index (Phi) is 7.20. The number of thioether (sulfide) groups is 1. The number of aliphatic carboxylic acids is 2. The Balaban J connectivity index is 1.52. The van der Waals surface area contributed by atoms with Crippen LogP contribution >= 0.6 is 11.8 Å². The van der Waals surface area contributed by atoms with Crippen LogP contribution in [0.4, 0.5) is 4.79 Å². The summed E-state index contributed by atoms with van der Waals surface area (Å²) in [5.74, 6) is -4.65. The van der Waals surface area contributed by atoms with Crippen LogP contribution in [0.2, 0.25) is 0 Å². The average molecular weight is 534 g/mol. The van der Waals surface area contributed by atoms with E-state index in [9.17, 15) is 44.4 Å². The van der Waals surface area contributed by atoms with E-state index in [2.05, 4.69) is 5.32 Å². The number of nitrogens with one attached hydrogen (secondary N) is 1. The second-order valence-electron chi connectivity index (χ2n) is 9.39. The van der Waals surface area contributed by atoms with Gasteiger partial charge in [0.05, 0.1) is 23.6 Å². The van der Waals surface area contributed by atoms with Gasteiger partial charge in [-0.25, -0.2) is 14.4 Å². The Morgan fingerprint density at radius 1 is 1.16 bits per heavy atom. The number of β-lactam (4-membered cyclic amide) rings is 1. The van der Waals surface area contributed by atoms with E-state index in [1.54, 1.807) is 19.1 Å². The Labute approximate surface area is 216 Å². The molecule has 2 saturated heterocycles. The first-order valence-electron chi connectivity index (χ1n) is 11.7. The van der Waals surface area contributed by atoms with Crippen LogP contribution in [0.5, 0.6) is 0 Å². The molecule has 0 saturated carbocycles. The molecule has 0 aromatic rings. The fourth-order valence-corrected chi connectivity index (χ4v) is 6.84. The Bertz CT molecular complexity index is 1190. The van der Waals surface area contributed by atoms with Crippen molar-refractivity contribution < 1.29 is 44.4 Å². The Morgan fingerprint density at radius 3 is 2.46 bits per heavy atom. The van der Waals surface area contributed by atoms with Crippen LogP contribution in [0.25, 0.3) is 0 Å². The molecule has 0 bridgehead atoms. The molecule has 0 radical (unpaired) electrons. The molecule has 4 aliphatic rings. The molecule has 3 aliphatic heterocycles. The van der Waals surface area contributed by atoms with Crippen molar-refractivity contribution in [3.05, 3.63) is 46.2 Å². The molecule has 3 heterocycles. The van der Waals surface area contributed by atoms with Gasteiger partial charge in [-0.1, -0.05) is 25.2 Å². The molecule has 6 unspecified atom stereocenters. The highest BCUT2D eigenvalue weighted by molar-refractivity contribution is 8.03. The zero-order valence-corrected chi connectivity index (χ0v) is 20.8. The lowest BCUT2D eigenvalue weighted by atomic mass is 9.79. The van der Waals surface area contributed by atoms with Gasteiger partial charge in [0.15, 0.2) is 0 Å². The first-order valence-corrected chi connectivity index (χ1v) is 12.6. The minimum absolute atomic E-state index is 0.0305. The monoisotopic (exact) mass is 533 g/mol. The fourth-order valence-electron chi connectivity index (χ4n) is 5.31. The molecule has 5 N–H and O–H groups in total. The highest BCUT2D eigenvalue weighted by Crippen LogP contribution is 2.52. The number of allylic oxidation sites excluding steroid dienone is 3. The maximum atomic E-state index is 13.1. The van der Waals surface area contributed by atoms with Crippen LogP contribution in [0, 0.1) is 11.8 Å². The summed E-state index contributed by atoms with van der Waals surface area (Å²) in [5.41, 5.74) is 0.0415. The molecule has 4 rings (SSSR count). The number of nitrogens with zero attached hydrogens (tertiary/aromatic N) is 2. The van der Waals surface area contributed by atoms with Gasteiger partial charge >= 0.3 is 18.0 Å². The molecule has 1 aliphatic carbocycles. The number of hydrogen-bond acceptors (Lipinski definition) is 7. The zero-order valence-electron chi connectivity index (χ0n) is 20.0. The summed E-state index contributed by atoms with van der Waals surface area (Å²) in [6, 6.07) is -1.58. The number of fused-ring (bicyclic) bond motifs is 1. The van der Waals surface area contributed by atoms with E-state index in [4.69, 9.17) is 0 Å². The van der Waals surface area contributed by atoms with Crippen LogP contribution in [0.3, 0.4) is 0 Å². The number of amides is 3. The van der Waals surface area contributed by atoms with Crippen molar-refractivity contribution in [3.63, 3.8) is 0 Å². The molecular weight excluding hydrogens is 506 g/mol. The lowest BCUT2D eigenvalue weighted by molar-refractivity contribution is -0.163. The molecule has 13 heteroatoms. The lowest BCUT2D eigenvalue weighted by Gasteiger charge is -2.46. The molecule has 0 aromatic heterocycles. The second kappa shape index (κ2) is 10.1. The van der Waals surface area contributed by atoms with Crippen molar-refractivity contribution >= 4 is 41.6 Å². The van der Waals surface area contributed by atoms with Gasteiger partial charge in [0.1, 0.15) is 11.7 Å². The molecule has 12 nitrogen and oxygen atoms in total. The van der Waals surface area contributed by atoms with Crippen LogP contribution in [-0.2, 0) is 19.2 Å². The maximum Gasteiger partial charge on any atom is 0.408 e. The fraction of sp³-hybridized carbons (Fsp3) is 0.458. The molecule has 0 spiro atoms. The summed E-state index contributed by atoms with van der Waals surface area (Å²) in [4.78, 5) is 63.5.